The Kier molecular flexibility index (Phi) is 6.31. The Morgan fingerprint density at radius 3 is 1.90 bits per heavy atom. The second kappa shape index (κ2) is 7.77. The molecule has 2 fully saturated rings. The quantitative estimate of drug-likeness (QED) is 0.471. The highest BCUT2D eigenvalue weighted by molar-refractivity contribution is 4.97. The molecule has 1 saturated heterocycles. The van der Waals surface area contributed by atoms with E-state index in [0.717, 1.165) is 5.92 Å². The summed E-state index contributed by atoms with van der Waals surface area (Å²) in [6, 6.07) is 0.429. The van der Waals surface area contributed by atoms with Crippen molar-refractivity contribution in [1.29, 1.82) is 0 Å². The second-order valence-corrected chi connectivity index (χ2v) is 7.45. The molecular formula is C17H35N3. The van der Waals surface area contributed by atoms with E-state index in [4.69, 9.17) is 5.84 Å². The first-order chi connectivity index (χ1) is 9.66. The fraction of sp³-hybridized carbons (Fsp3) is 1.00. The molecule has 0 radical (unpaired) electrons. The third kappa shape index (κ3) is 3.96. The molecule has 0 spiro atoms. The number of hydrogen-bond donors (Lipinski definition) is 2. The Hall–Kier alpha value is -0.120. The normalized spacial score (nSPS) is 25.9. The molecule has 3 nitrogen and oxygen atoms in total. The minimum atomic E-state index is 0.175. The van der Waals surface area contributed by atoms with E-state index in [2.05, 4.69) is 24.2 Å². The zero-order valence-electron chi connectivity index (χ0n) is 13.7. The molecule has 118 valence electrons. The van der Waals surface area contributed by atoms with Gasteiger partial charge < -0.3 is 0 Å². The smallest absolute Gasteiger partial charge is 0.0417 e. The van der Waals surface area contributed by atoms with Crippen molar-refractivity contribution in [3.8, 4) is 0 Å². The monoisotopic (exact) mass is 281 g/mol. The number of rotatable bonds is 4. The van der Waals surface area contributed by atoms with Crippen LogP contribution < -0.4 is 11.3 Å². The highest BCUT2D eigenvalue weighted by atomic mass is 15.3. The van der Waals surface area contributed by atoms with Crippen molar-refractivity contribution in [1.82, 2.24) is 10.3 Å². The van der Waals surface area contributed by atoms with E-state index in [1.807, 2.05) is 0 Å². The summed E-state index contributed by atoms with van der Waals surface area (Å²) < 4.78 is 0. The molecular weight excluding hydrogens is 246 g/mol. The van der Waals surface area contributed by atoms with Gasteiger partial charge >= 0.3 is 0 Å². The van der Waals surface area contributed by atoms with E-state index in [0.29, 0.717) is 6.04 Å². The van der Waals surface area contributed by atoms with Gasteiger partial charge in [0, 0.05) is 11.6 Å². The average Bonchev–Trinajstić information content (AvgIpc) is 2.84. The van der Waals surface area contributed by atoms with Crippen LogP contribution in [0.4, 0.5) is 0 Å². The molecule has 1 unspecified atom stereocenters. The van der Waals surface area contributed by atoms with Crippen molar-refractivity contribution in [2.24, 2.45) is 11.8 Å². The van der Waals surface area contributed by atoms with Crippen LogP contribution in [0.15, 0.2) is 0 Å². The maximum absolute atomic E-state index is 6.01. The summed E-state index contributed by atoms with van der Waals surface area (Å²) in [5.74, 6) is 6.76. The largest absolute Gasteiger partial charge is 0.297 e. The fourth-order valence-corrected chi connectivity index (χ4v) is 4.40. The van der Waals surface area contributed by atoms with E-state index in [1.54, 1.807) is 0 Å². The second-order valence-electron chi connectivity index (χ2n) is 7.45. The molecule has 20 heavy (non-hydrogen) atoms. The van der Waals surface area contributed by atoms with Gasteiger partial charge in [-0.2, -0.15) is 0 Å². The zero-order chi connectivity index (χ0) is 14.4. The van der Waals surface area contributed by atoms with Crippen molar-refractivity contribution in [2.45, 2.75) is 89.6 Å². The van der Waals surface area contributed by atoms with Crippen LogP contribution in [0, 0.1) is 5.92 Å². The lowest BCUT2D eigenvalue weighted by Gasteiger charge is -2.46. The molecule has 1 aliphatic heterocycles. The molecule has 2 aliphatic rings. The van der Waals surface area contributed by atoms with E-state index < -0.39 is 0 Å². The van der Waals surface area contributed by atoms with Crippen LogP contribution in [0.25, 0.3) is 0 Å². The predicted molar refractivity (Wildman–Crippen MR) is 86.4 cm³/mol. The lowest BCUT2D eigenvalue weighted by atomic mass is 9.79. The zero-order valence-corrected chi connectivity index (χ0v) is 13.7. The van der Waals surface area contributed by atoms with Crippen LogP contribution in [0.5, 0.6) is 0 Å². The summed E-state index contributed by atoms with van der Waals surface area (Å²) in [7, 11) is 0. The van der Waals surface area contributed by atoms with Gasteiger partial charge in [0.15, 0.2) is 0 Å². The number of hydrazine groups is 1. The molecule has 0 bridgehead atoms. The summed E-state index contributed by atoms with van der Waals surface area (Å²) >= 11 is 0. The summed E-state index contributed by atoms with van der Waals surface area (Å²) in [5.41, 5.74) is 3.39. The highest BCUT2D eigenvalue weighted by Gasteiger charge is 2.39. The van der Waals surface area contributed by atoms with Gasteiger partial charge in [-0.3, -0.25) is 16.2 Å². The third-order valence-electron chi connectivity index (χ3n) is 5.73. The van der Waals surface area contributed by atoms with Gasteiger partial charge in [0.1, 0.15) is 0 Å². The Morgan fingerprint density at radius 1 is 0.900 bits per heavy atom. The van der Waals surface area contributed by atoms with Gasteiger partial charge in [-0.15, -0.1) is 0 Å². The standard InChI is InChI=1S/C17H35N3/c1-17(2,20-13-9-5-6-10-14-20)16(19-18)15-11-7-3-4-8-12-15/h15-16,19H,3-14,18H2,1-2H3. The first kappa shape index (κ1) is 16.3. The van der Waals surface area contributed by atoms with Gasteiger partial charge in [0.25, 0.3) is 0 Å². The van der Waals surface area contributed by atoms with E-state index >= 15 is 0 Å². The van der Waals surface area contributed by atoms with Crippen LogP contribution in [0.2, 0.25) is 0 Å². The van der Waals surface area contributed by atoms with Crippen molar-refractivity contribution in [3.05, 3.63) is 0 Å². The number of nitrogens with two attached hydrogens (primary N) is 1. The molecule has 0 aromatic carbocycles. The Morgan fingerprint density at radius 2 is 1.40 bits per heavy atom. The van der Waals surface area contributed by atoms with Crippen LogP contribution in [-0.2, 0) is 0 Å². The third-order valence-corrected chi connectivity index (χ3v) is 5.73. The van der Waals surface area contributed by atoms with Gasteiger partial charge in [0.05, 0.1) is 0 Å². The fourth-order valence-electron chi connectivity index (χ4n) is 4.40. The molecule has 2 rings (SSSR count). The lowest BCUT2D eigenvalue weighted by Crippen LogP contribution is -2.62. The minimum absolute atomic E-state index is 0.175. The summed E-state index contributed by atoms with van der Waals surface area (Å²) in [5, 5.41) is 0. The Balaban J connectivity index is 2.05. The van der Waals surface area contributed by atoms with Gasteiger partial charge in [-0.25, -0.2) is 0 Å². The first-order valence-corrected chi connectivity index (χ1v) is 8.87. The van der Waals surface area contributed by atoms with Crippen molar-refractivity contribution >= 4 is 0 Å². The molecule has 3 N–H and O–H groups in total. The highest BCUT2D eigenvalue weighted by Crippen LogP contribution is 2.33. The minimum Gasteiger partial charge on any atom is -0.297 e. The Labute approximate surface area is 125 Å². The van der Waals surface area contributed by atoms with Gasteiger partial charge in [0.2, 0.25) is 0 Å². The van der Waals surface area contributed by atoms with Crippen LogP contribution >= 0.6 is 0 Å². The van der Waals surface area contributed by atoms with Crippen molar-refractivity contribution in [3.63, 3.8) is 0 Å². The molecule has 1 saturated carbocycles. The van der Waals surface area contributed by atoms with Crippen LogP contribution in [0.1, 0.15) is 78.1 Å². The molecule has 1 heterocycles. The number of nitrogens with zero attached hydrogens (tertiary/aromatic N) is 1. The average molecular weight is 281 g/mol. The topological polar surface area (TPSA) is 41.3 Å². The molecule has 3 heteroatoms. The van der Waals surface area contributed by atoms with Crippen LogP contribution in [0.3, 0.4) is 0 Å². The Bertz CT molecular complexity index is 261. The number of likely N-dealkylation sites (tertiary alicyclic amines) is 1. The maximum Gasteiger partial charge on any atom is 0.0417 e. The summed E-state index contributed by atoms with van der Waals surface area (Å²) in [4.78, 5) is 2.70. The van der Waals surface area contributed by atoms with E-state index in [9.17, 15) is 0 Å². The number of hydrogen-bond acceptors (Lipinski definition) is 3. The lowest BCUT2D eigenvalue weighted by molar-refractivity contribution is 0.0544. The van der Waals surface area contributed by atoms with Crippen molar-refractivity contribution < 1.29 is 0 Å². The van der Waals surface area contributed by atoms with Gasteiger partial charge in [-0.05, 0) is 58.5 Å². The molecule has 1 aliphatic carbocycles. The van der Waals surface area contributed by atoms with Crippen molar-refractivity contribution in [2.75, 3.05) is 13.1 Å². The van der Waals surface area contributed by atoms with Crippen LogP contribution in [-0.4, -0.2) is 29.6 Å². The number of nitrogens with one attached hydrogen (secondary N) is 1. The van der Waals surface area contributed by atoms with Gasteiger partial charge in [-0.1, -0.05) is 38.5 Å². The van der Waals surface area contributed by atoms with E-state index in [1.165, 1.54) is 77.3 Å². The summed E-state index contributed by atoms with van der Waals surface area (Å²) in [6.07, 6.45) is 13.8. The molecule has 0 aromatic rings. The SMILES string of the molecule is CC(C)(C(NN)C1CCCCCC1)N1CCCCCC1. The summed E-state index contributed by atoms with van der Waals surface area (Å²) in [6.45, 7) is 7.32. The molecule has 1 atom stereocenters. The molecule has 0 aromatic heterocycles. The first-order valence-electron chi connectivity index (χ1n) is 8.87. The van der Waals surface area contributed by atoms with E-state index in [-0.39, 0.29) is 5.54 Å². The molecule has 0 amide bonds. The predicted octanol–water partition coefficient (Wildman–Crippen LogP) is 3.44. The maximum atomic E-state index is 6.01.